The lowest BCUT2D eigenvalue weighted by Gasteiger charge is -2.35. The van der Waals surface area contributed by atoms with E-state index in [9.17, 15) is 9.90 Å². The van der Waals surface area contributed by atoms with Crippen molar-refractivity contribution in [3.8, 4) is 0 Å². The zero-order valence-electron chi connectivity index (χ0n) is 27.4. The van der Waals surface area contributed by atoms with Crippen LogP contribution in [-0.2, 0) is 50.2 Å². The summed E-state index contributed by atoms with van der Waals surface area (Å²) >= 11 is 0. The summed E-state index contributed by atoms with van der Waals surface area (Å²) in [5, 5.41) is 14.8. The number of amides is 1. The lowest BCUT2D eigenvalue weighted by Crippen LogP contribution is -2.55. The predicted molar refractivity (Wildman–Crippen MR) is 184 cm³/mol. The van der Waals surface area contributed by atoms with Crippen LogP contribution in [0, 0.1) is 0 Å². The molecule has 0 aliphatic rings. The molecule has 0 aliphatic heterocycles. The van der Waals surface area contributed by atoms with Crippen LogP contribution in [0.3, 0.4) is 0 Å². The molecule has 0 spiro atoms. The highest BCUT2D eigenvalue weighted by molar-refractivity contribution is 5.81. The van der Waals surface area contributed by atoms with Gasteiger partial charge in [0.05, 0.1) is 33.0 Å². The van der Waals surface area contributed by atoms with Gasteiger partial charge in [-0.05, 0) is 28.7 Å². The van der Waals surface area contributed by atoms with E-state index in [0.29, 0.717) is 13.2 Å². The number of benzene rings is 4. The fourth-order valence-electron chi connectivity index (χ4n) is 5.22. The summed E-state index contributed by atoms with van der Waals surface area (Å²) in [6.07, 6.45) is -0.00759. The van der Waals surface area contributed by atoms with Crippen molar-refractivity contribution in [1.29, 1.82) is 0 Å². The first-order chi connectivity index (χ1) is 23.1. The van der Waals surface area contributed by atoms with Crippen molar-refractivity contribution < 1.29 is 28.8 Å². The minimum Gasteiger partial charge on any atom is -0.388 e. The second-order valence-electron chi connectivity index (χ2n) is 11.7. The molecule has 4 rings (SSSR count). The van der Waals surface area contributed by atoms with Crippen molar-refractivity contribution >= 4 is 5.91 Å². The van der Waals surface area contributed by atoms with E-state index in [1.165, 1.54) is 0 Å². The molecule has 7 heteroatoms. The Morgan fingerprint density at radius 3 is 1.53 bits per heavy atom. The van der Waals surface area contributed by atoms with Crippen LogP contribution in [0.2, 0.25) is 0 Å². The normalized spacial score (nSPS) is 13.8. The molecule has 0 heterocycles. The van der Waals surface area contributed by atoms with E-state index < -0.39 is 24.4 Å². The summed E-state index contributed by atoms with van der Waals surface area (Å²) in [6, 6.07) is 39.0. The molecule has 0 saturated carbocycles. The lowest BCUT2D eigenvalue weighted by molar-refractivity contribution is -0.191. The number of nitrogens with one attached hydrogen (secondary N) is 1. The van der Waals surface area contributed by atoms with Gasteiger partial charge in [-0.2, -0.15) is 0 Å². The van der Waals surface area contributed by atoms with E-state index >= 15 is 0 Å². The molecule has 250 valence electrons. The summed E-state index contributed by atoms with van der Waals surface area (Å²) in [4.78, 5) is 14.0. The molecule has 7 nitrogen and oxygen atoms in total. The van der Waals surface area contributed by atoms with Crippen LogP contribution in [-0.4, -0.2) is 48.6 Å². The van der Waals surface area contributed by atoms with Crippen LogP contribution in [0.15, 0.2) is 121 Å². The molecule has 0 fully saturated rings. The van der Waals surface area contributed by atoms with Crippen LogP contribution in [0.4, 0.5) is 0 Å². The van der Waals surface area contributed by atoms with Gasteiger partial charge in [0.2, 0.25) is 0 Å². The van der Waals surface area contributed by atoms with Crippen molar-refractivity contribution in [1.82, 2.24) is 5.32 Å². The maximum absolute atomic E-state index is 14.0. The molecule has 0 saturated heterocycles. The highest BCUT2D eigenvalue weighted by atomic mass is 16.6. The highest BCUT2D eigenvalue weighted by Crippen LogP contribution is 2.22. The number of aliphatic hydroxyl groups is 1. The first kappa shape index (κ1) is 36.0. The number of carbonyl (C=O) groups excluding carboxylic acids is 1. The van der Waals surface area contributed by atoms with Gasteiger partial charge in [0.1, 0.15) is 18.3 Å². The summed E-state index contributed by atoms with van der Waals surface area (Å²) in [5.41, 5.74) is 3.77. The molecule has 4 aromatic rings. The zero-order chi connectivity index (χ0) is 32.9. The quantitative estimate of drug-likeness (QED) is 0.0900. The van der Waals surface area contributed by atoms with E-state index in [2.05, 4.69) is 12.2 Å². The Morgan fingerprint density at radius 2 is 1.04 bits per heavy atom. The Morgan fingerprint density at radius 1 is 0.596 bits per heavy atom. The van der Waals surface area contributed by atoms with Crippen molar-refractivity contribution in [3.63, 3.8) is 0 Å². The molecular weight excluding hydrogens is 590 g/mol. The average Bonchev–Trinajstić information content (AvgIpc) is 3.12. The SMILES string of the molecule is CCCCCCNC(=O)[C@@H](OCc1ccccc1)[C@@H](OCc1ccccc1)[C@H](OCc1ccccc1)[C@H](O)COCc1ccccc1. The molecule has 4 atom stereocenters. The van der Waals surface area contributed by atoms with Gasteiger partial charge in [0.15, 0.2) is 6.10 Å². The molecule has 4 aromatic carbocycles. The topological polar surface area (TPSA) is 86.3 Å². The van der Waals surface area contributed by atoms with Crippen LogP contribution < -0.4 is 5.32 Å². The van der Waals surface area contributed by atoms with E-state index in [4.69, 9.17) is 18.9 Å². The van der Waals surface area contributed by atoms with Crippen LogP contribution in [0.25, 0.3) is 0 Å². The number of aliphatic hydroxyl groups excluding tert-OH is 1. The summed E-state index contributed by atoms with van der Waals surface area (Å²) in [6.45, 7) is 3.57. The summed E-state index contributed by atoms with van der Waals surface area (Å²) < 4.78 is 25.4. The van der Waals surface area contributed by atoms with Crippen molar-refractivity contribution in [2.45, 2.75) is 83.5 Å². The van der Waals surface area contributed by atoms with Crippen molar-refractivity contribution in [3.05, 3.63) is 144 Å². The molecule has 2 N–H and O–H groups in total. The average molecular weight is 640 g/mol. The minimum absolute atomic E-state index is 0.0242. The fourth-order valence-corrected chi connectivity index (χ4v) is 5.22. The van der Waals surface area contributed by atoms with Crippen LogP contribution in [0.5, 0.6) is 0 Å². The van der Waals surface area contributed by atoms with Crippen molar-refractivity contribution in [2.24, 2.45) is 0 Å². The number of ether oxygens (including phenoxy) is 4. The third-order valence-electron chi connectivity index (χ3n) is 7.83. The van der Waals surface area contributed by atoms with E-state index in [1.807, 2.05) is 121 Å². The summed E-state index contributed by atoms with van der Waals surface area (Å²) in [7, 11) is 0. The molecule has 0 aromatic heterocycles. The van der Waals surface area contributed by atoms with Gasteiger partial charge in [0.25, 0.3) is 5.91 Å². The van der Waals surface area contributed by atoms with Crippen LogP contribution >= 0.6 is 0 Å². The molecular formula is C40H49NO6. The first-order valence-corrected chi connectivity index (χ1v) is 16.7. The molecule has 1 amide bonds. The van der Waals surface area contributed by atoms with E-state index in [-0.39, 0.29) is 32.3 Å². The summed E-state index contributed by atoms with van der Waals surface area (Å²) in [5.74, 6) is -0.304. The van der Waals surface area contributed by atoms with Gasteiger partial charge in [0, 0.05) is 6.54 Å². The number of unbranched alkanes of at least 4 members (excludes halogenated alkanes) is 3. The third-order valence-corrected chi connectivity index (χ3v) is 7.83. The zero-order valence-corrected chi connectivity index (χ0v) is 27.4. The van der Waals surface area contributed by atoms with Gasteiger partial charge < -0.3 is 29.4 Å². The first-order valence-electron chi connectivity index (χ1n) is 16.7. The van der Waals surface area contributed by atoms with E-state index in [0.717, 1.165) is 47.9 Å². The fraction of sp³-hybridized carbons (Fsp3) is 0.375. The Hall–Kier alpha value is -3.85. The Bertz CT molecular complexity index is 1370. The van der Waals surface area contributed by atoms with Gasteiger partial charge in [-0.15, -0.1) is 0 Å². The highest BCUT2D eigenvalue weighted by Gasteiger charge is 2.41. The van der Waals surface area contributed by atoms with Gasteiger partial charge in [-0.3, -0.25) is 4.79 Å². The Labute approximate surface area is 279 Å². The second kappa shape index (κ2) is 21.1. The largest absolute Gasteiger partial charge is 0.388 e. The maximum Gasteiger partial charge on any atom is 0.251 e. The molecule has 0 unspecified atom stereocenters. The number of hydrogen-bond acceptors (Lipinski definition) is 6. The van der Waals surface area contributed by atoms with Gasteiger partial charge >= 0.3 is 0 Å². The molecule has 0 radical (unpaired) electrons. The third kappa shape index (κ3) is 13.1. The van der Waals surface area contributed by atoms with Gasteiger partial charge in [-0.25, -0.2) is 0 Å². The van der Waals surface area contributed by atoms with Crippen LogP contribution in [0.1, 0.15) is 54.9 Å². The standard InChI is InChI=1S/C40H49NO6/c1-2-3-4-17-26-41-40(43)39(47-30-35-24-15-8-16-25-35)38(46-29-34-22-13-7-14-23-34)37(45-28-33-20-11-6-12-21-33)36(42)31-44-27-32-18-9-5-10-19-32/h5-16,18-25,36-39,42H,2-4,17,26-31H2,1H3,(H,41,43)/t36-,37-,38+,39+/m1/s1. The van der Waals surface area contributed by atoms with Gasteiger partial charge in [-0.1, -0.05) is 148 Å². The molecule has 0 bridgehead atoms. The second-order valence-corrected chi connectivity index (χ2v) is 11.7. The smallest absolute Gasteiger partial charge is 0.251 e. The minimum atomic E-state index is -1.12. The predicted octanol–water partition coefficient (Wildman–Crippen LogP) is 7.02. The molecule has 0 aliphatic carbocycles. The Balaban J connectivity index is 1.61. The number of carbonyl (C=O) groups is 1. The monoisotopic (exact) mass is 639 g/mol. The number of hydrogen-bond donors (Lipinski definition) is 2. The van der Waals surface area contributed by atoms with Crippen molar-refractivity contribution in [2.75, 3.05) is 13.2 Å². The Kier molecular flexibility index (Phi) is 16.2. The van der Waals surface area contributed by atoms with E-state index in [1.54, 1.807) is 0 Å². The lowest BCUT2D eigenvalue weighted by atomic mass is 10.0. The number of rotatable bonds is 22. The maximum atomic E-state index is 14.0. The molecule has 47 heavy (non-hydrogen) atoms.